The Kier molecular flexibility index (Phi) is 4.19. The summed E-state index contributed by atoms with van der Waals surface area (Å²) in [6.45, 7) is 1.40. The number of aromatic nitrogens is 3. The first-order valence-electron chi connectivity index (χ1n) is 7.11. The molecule has 9 nitrogen and oxygen atoms in total. The lowest BCUT2D eigenvalue weighted by Crippen LogP contribution is -2.16. The van der Waals surface area contributed by atoms with Crippen molar-refractivity contribution in [2.24, 2.45) is 0 Å². The Labute approximate surface area is 143 Å². The predicted octanol–water partition coefficient (Wildman–Crippen LogP) is 2.28. The summed E-state index contributed by atoms with van der Waals surface area (Å²) in [6, 6.07) is 10.6. The van der Waals surface area contributed by atoms with E-state index < -0.39 is 14.9 Å². The second-order valence-corrected chi connectivity index (χ2v) is 6.77. The van der Waals surface area contributed by atoms with Gasteiger partial charge in [-0.15, -0.1) is 0 Å². The lowest BCUT2D eigenvalue weighted by atomic mass is 10.2. The first kappa shape index (κ1) is 16.6. The summed E-state index contributed by atoms with van der Waals surface area (Å²) in [5.41, 5.74) is 0.566. The molecule has 0 amide bonds. The summed E-state index contributed by atoms with van der Waals surface area (Å²) in [5, 5.41) is 15.0. The van der Waals surface area contributed by atoms with Crippen LogP contribution in [-0.2, 0) is 10.0 Å². The van der Waals surface area contributed by atoms with Crippen molar-refractivity contribution < 1.29 is 13.3 Å². The molecular formula is C15H13N5O4S. The third-order valence-corrected chi connectivity index (χ3v) is 5.07. The quantitative estimate of drug-likeness (QED) is 0.551. The standard InChI is InChI=1S/C15H13N5O4S/c1-11-13(20(21)22)7-4-8-15(11)25(23,24)18-12-5-2-3-6-14(12)19-10-16-9-17-19/h2-10,18H,1H3. The molecule has 0 radical (unpaired) electrons. The molecule has 0 aliphatic carbocycles. The second-order valence-electron chi connectivity index (χ2n) is 5.12. The summed E-state index contributed by atoms with van der Waals surface area (Å²) in [4.78, 5) is 14.1. The van der Waals surface area contributed by atoms with Crippen LogP contribution in [-0.4, -0.2) is 28.1 Å². The van der Waals surface area contributed by atoms with Crippen molar-refractivity contribution in [2.45, 2.75) is 11.8 Å². The molecule has 128 valence electrons. The number of para-hydroxylation sites is 2. The number of anilines is 1. The molecule has 1 N–H and O–H groups in total. The van der Waals surface area contributed by atoms with Gasteiger partial charge in [0, 0.05) is 11.6 Å². The number of hydrogen-bond acceptors (Lipinski definition) is 6. The smallest absolute Gasteiger partial charge is 0.273 e. The van der Waals surface area contributed by atoms with Crippen LogP contribution in [0.15, 0.2) is 60.0 Å². The maximum Gasteiger partial charge on any atom is 0.273 e. The maximum absolute atomic E-state index is 12.7. The van der Waals surface area contributed by atoms with Gasteiger partial charge < -0.3 is 0 Å². The van der Waals surface area contributed by atoms with Crippen LogP contribution in [0, 0.1) is 17.0 Å². The summed E-state index contributed by atoms with van der Waals surface area (Å²) < 4.78 is 29.4. The third kappa shape index (κ3) is 3.19. The number of nitro groups is 1. The lowest BCUT2D eigenvalue weighted by molar-refractivity contribution is -0.385. The molecule has 0 unspecified atom stereocenters. The van der Waals surface area contributed by atoms with Gasteiger partial charge >= 0.3 is 0 Å². The molecule has 0 saturated heterocycles. The van der Waals surface area contributed by atoms with Crippen LogP contribution in [0.5, 0.6) is 0 Å². The van der Waals surface area contributed by atoms with E-state index in [1.54, 1.807) is 24.3 Å². The van der Waals surface area contributed by atoms with Crippen LogP contribution < -0.4 is 4.72 Å². The van der Waals surface area contributed by atoms with E-state index in [0.29, 0.717) is 5.69 Å². The van der Waals surface area contributed by atoms with Gasteiger partial charge in [-0.3, -0.25) is 14.8 Å². The van der Waals surface area contributed by atoms with Crippen molar-refractivity contribution >= 4 is 21.4 Å². The summed E-state index contributed by atoms with van der Waals surface area (Å²) in [6.07, 6.45) is 2.77. The molecule has 0 atom stereocenters. The molecule has 0 spiro atoms. The minimum Gasteiger partial charge on any atom is -0.277 e. The predicted molar refractivity (Wildman–Crippen MR) is 90.0 cm³/mol. The van der Waals surface area contributed by atoms with E-state index in [-0.39, 0.29) is 21.8 Å². The summed E-state index contributed by atoms with van der Waals surface area (Å²) in [5.74, 6) is 0. The van der Waals surface area contributed by atoms with E-state index >= 15 is 0 Å². The van der Waals surface area contributed by atoms with E-state index in [1.807, 2.05) is 0 Å². The Balaban J connectivity index is 2.05. The average Bonchev–Trinajstić information content (AvgIpc) is 3.09. The van der Waals surface area contributed by atoms with Gasteiger partial charge in [-0.05, 0) is 25.1 Å². The molecule has 1 aromatic heterocycles. The van der Waals surface area contributed by atoms with Gasteiger partial charge in [-0.25, -0.2) is 18.1 Å². The molecule has 3 aromatic rings. The van der Waals surface area contributed by atoms with Crippen molar-refractivity contribution in [3.8, 4) is 5.69 Å². The van der Waals surface area contributed by atoms with Crippen LogP contribution in [0.4, 0.5) is 11.4 Å². The monoisotopic (exact) mass is 359 g/mol. The number of sulfonamides is 1. The Morgan fingerprint density at radius 3 is 2.60 bits per heavy atom. The van der Waals surface area contributed by atoms with E-state index in [1.165, 1.54) is 42.5 Å². The average molecular weight is 359 g/mol. The summed E-state index contributed by atoms with van der Waals surface area (Å²) >= 11 is 0. The number of nitrogens with zero attached hydrogens (tertiary/aromatic N) is 4. The largest absolute Gasteiger partial charge is 0.277 e. The molecule has 1 heterocycles. The number of rotatable bonds is 5. The van der Waals surface area contributed by atoms with Crippen LogP contribution in [0.25, 0.3) is 5.69 Å². The van der Waals surface area contributed by atoms with Crippen molar-refractivity contribution in [3.63, 3.8) is 0 Å². The minimum atomic E-state index is -4.03. The normalized spacial score (nSPS) is 11.2. The SMILES string of the molecule is Cc1c([N+](=O)[O-])cccc1S(=O)(=O)Nc1ccccc1-n1cncn1. The number of hydrogen-bond donors (Lipinski definition) is 1. The molecular weight excluding hydrogens is 346 g/mol. The molecule has 0 fully saturated rings. The Morgan fingerprint density at radius 2 is 1.92 bits per heavy atom. The van der Waals surface area contributed by atoms with Crippen LogP contribution >= 0.6 is 0 Å². The zero-order valence-corrected chi connectivity index (χ0v) is 13.8. The molecule has 0 bridgehead atoms. The molecule has 0 aliphatic rings. The molecule has 0 aliphatic heterocycles. The van der Waals surface area contributed by atoms with Gasteiger partial charge in [0.25, 0.3) is 15.7 Å². The van der Waals surface area contributed by atoms with Crippen molar-refractivity contribution in [3.05, 3.63) is 70.8 Å². The highest BCUT2D eigenvalue weighted by Gasteiger charge is 2.23. The van der Waals surface area contributed by atoms with Crippen molar-refractivity contribution in [1.29, 1.82) is 0 Å². The van der Waals surface area contributed by atoms with E-state index in [2.05, 4.69) is 14.8 Å². The lowest BCUT2D eigenvalue weighted by Gasteiger charge is -2.13. The minimum absolute atomic E-state index is 0.0678. The Bertz CT molecular complexity index is 1030. The molecule has 3 rings (SSSR count). The third-order valence-electron chi connectivity index (χ3n) is 3.56. The van der Waals surface area contributed by atoms with Gasteiger partial charge in [-0.2, -0.15) is 5.10 Å². The number of benzene rings is 2. The zero-order chi connectivity index (χ0) is 18.0. The van der Waals surface area contributed by atoms with E-state index in [4.69, 9.17) is 0 Å². The zero-order valence-electron chi connectivity index (χ0n) is 13.0. The fourth-order valence-electron chi connectivity index (χ4n) is 2.38. The highest BCUT2D eigenvalue weighted by Crippen LogP contribution is 2.28. The van der Waals surface area contributed by atoms with Gasteiger partial charge in [0.15, 0.2) is 0 Å². The highest BCUT2D eigenvalue weighted by molar-refractivity contribution is 7.92. The van der Waals surface area contributed by atoms with E-state index in [0.717, 1.165) is 0 Å². The van der Waals surface area contributed by atoms with Crippen LogP contribution in [0.3, 0.4) is 0 Å². The van der Waals surface area contributed by atoms with Crippen molar-refractivity contribution in [1.82, 2.24) is 14.8 Å². The maximum atomic E-state index is 12.7. The first-order valence-corrected chi connectivity index (χ1v) is 8.59. The Morgan fingerprint density at radius 1 is 1.16 bits per heavy atom. The van der Waals surface area contributed by atoms with Gasteiger partial charge in [-0.1, -0.05) is 18.2 Å². The van der Waals surface area contributed by atoms with Gasteiger partial charge in [0.1, 0.15) is 12.7 Å². The fourth-order valence-corrected chi connectivity index (χ4v) is 3.72. The molecule has 25 heavy (non-hydrogen) atoms. The Hall–Kier alpha value is -3.27. The summed E-state index contributed by atoms with van der Waals surface area (Å²) in [7, 11) is -4.03. The first-order chi connectivity index (χ1) is 11.9. The second kappa shape index (κ2) is 6.32. The fraction of sp³-hybridized carbons (Fsp3) is 0.0667. The van der Waals surface area contributed by atoms with Gasteiger partial charge in [0.05, 0.1) is 21.2 Å². The molecule has 0 saturated carbocycles. The highest BCUT2D eigenvalue weighted by atomic mass is 32.2. The number of nitrogens with one attached hydrogen (secondary N) is 1. The van der Waals surface area contributed by atoms with Gasteiger partial charge in [0.2, 0.25) is 0 Å². The molecule has 10 heteroatoms. The van der Waals surface area contributed by atoms with Crippen LogP contribution in [0.1, 0.15) is 5.56 Å². The number of nitro benzene ring substituents is 1. The van der Waals surface area contributed by atoms with E-state index in [9.17, 15) is 18.5 Å². The molecule has 2 aromatic carbocycles. The topological polar surface area (TPSA) is 120 Å². The van der Waals surface area contributed by atoms with Crippen LogP contribution in [0.2, 0.25) is 0 Å². The van der Waals surface area contributed by atoms with Crippen molar-refractivity contribution in [2.75, 3.05) is 4.72 Å².